The van der Waals surface area contributed by atoms with Gasteiger partial charge in [0.2, 0.25) is 0 Å². The fourth-order valence-corrected chi connectivity index (χ4v) is 2.30. The van der Waals surface area contributed by atoms with Crippen LogP contribution in [-0.4, -0.2) is 43.3 Å². The average molecular weight is 257 g/mol. The summed E-state index contributed by atoms with van der Waals surface area (Å²) in [6.45, 7) is 4.25. The third-order valence-corrected chi connectivity index (χ3v) is 3.23. The third-order valence-electron chi connectivity index (χ3n) is 3.23. The highest BCUT2D eigenvalue weighted by molar-refractivity contribution is 5.85. The zero-order valence-corrected chi connectivity index (χ0v) is 10.7. The van der Waals surface area contributed by atoms with Crippen LogP contribution in [0.25, 0.3) is 0 Å². The van der Waals surface area contributed by atoms with E-state index in [-0.39, 0.29) is 24.8 Å². The summed E-state index contributed by atoms with van der Waals surface area (Å²) in [5.41, 5.74) is 5.87. The summed E-state index contributed by atoms with van der Waals surface area (Å²) in [4.78, 5) is 2.56. The Morgan fingerprint density at radius 1 is 1.07 bits per heavy atom. The molecule has 0 aliphatic carbocycles. The molecule has 2 N–H and O–H groups in total. The Morgan fingerprint density at radius 2 is 1.73 bits per heavy atom. The highest BCUT2D eigenvalue weighted by atomic mass is 35.5. The number of nitrogens with zero attached hydrogens (tertiary/aromatic N) is 1. The van der Waals surface area contributed by atoms with Crippen molar-refractivity contribution in [2.45, 2.75) is 37.8 Å². The summed E-state index contributed by atoms with van der Waals surface area (Å²) in [5, 5.41) is 0. The fraction of sp³-hybridized carbons (Fsp3) is 1.00. The quantitative estimate of drug-likeness (QED) is 0.772. The normalized spacial score (nSPS) is 29.0. The van der Waals surface area contributed by atoms with Gasteiger partial charge in [-0.25, -0.2) is 0 Å². The lowest BCUT2D eigenvalue weighted by Crippen LogP contribution is -2.47. The maximum absolute atomic E-state index is 5.87. The smallest absolute Gasteiger partial charge is 0.0621 e. The van der Waals surface area contributed by atoms with E-state index in [0.29, 0.717) is 12.1 Å². The predicted molar refractivity (Wildman–Crippen MR) is 67.1 cm³/mol. The van der Waals surface area contributed by atoms with Crippen LogP contribution in [-0.2, 0) is 4.74 Å². The molecule has 0 aromatic carbocycles. The number of likely N-dealkylation sites (tertiary alicyclic amines) is 1. The van der Waals surface area contributed by atoms with Gasteiger partial charge in [0.05, 0.1) is 6.61 Å². The Balaban J connectivity index is 0.000000980. The monoisotopic (exact) mass is 256 g/mol. The van der Waals surface area contributed by atoms with Crippen molar-refractivity contribution >= 4 is 24.8 Å². The summed E-state index contributed by atoms with van der Waals surface area (Å²) in [6.07, 6.45) is 4.87. The van der Waals surface area contributed by atoms with Crippen molar-refractivity contribution < 1.29 is 4.74 Å². The van der Waals surface area contributed by atoms with Crippen molar-refractivity contribution in [1.82, 2.24) is 4.90 Å². The van der Waals surface area contributed by atoms with E-state index in [4.69, 9.17) is 10.5 Å². The molecule has 0 aromatic rings. The van der Waals surface area contributed by atoms with Crippen molar-refractivity contribution in [1.29, 1.82) is 0 Å². The number of nitrogens with two attached hydrogens (primary N) is 1. The number of hydrogen-bond donors (Lipinski definition) is 1. The Morgan fingerprint density at radius 3 is 2.27 bits per heavy atom. The molecule has 0 bridgehead atoms. The van der Waals surface area contributed by atoms with Gasteiger partial charge >= 0.3 is 0 Å². The molecule has 2 aliphatic rings. The van der Waals surface area contributed by atoms with E-state index >= 15 is 0 Å². The van der Waals surface area contributed by atoms with Gasteiger partial charge in [-0.2, -0.15) is 0 Å². The topological polar surface area (TPSA) is 38.5 Å². The van der Waals surface area contributed by atoms with E-state index in [9.17, 15) is 0 Å². The van der Waals surface area contributed by atoms with E-state index in [1.807, 2.05) is 0 Å². The zero-order valence-electron chi connectivity index (χ0n) is 9.06. The molecule has 3 nitrogen and oxygen atoms in total. The Kier molecular flexibility index (Phi) is 7.92. The first-order valence-corrected chi connectivity index (χ1v) is 5.43. The molecule has 0 saturated carbocycles. The number of hydrogen-bond acceptors (Lipinski definition) is 3. The lowest BCUT2D eigenvalue weighted by molar-refractivity contribution is 0.00916. The fourth-order valence-electron chi connectivity index (χ4n) is 2.30. The molecule has 1 unspecified atom stereocenters. The van der Waals surface area contributed by atoms with Gasteiger partial charge in [0.1, 0.15) is 0 Å². The minimum Gasteiger partial charge on any atom is -0.380 e. The van der Waals surface area contributed by atoms with E-state index in [2.05, 4.69) is 4.90 Å². The Hall–Kier alpha value is 0.460. The molecule has 15 heavy (non-hydrogen) atoms. The molecule has 0 aromatic heterocycles. The first-order chi connectivity index (χ1) is 6.36. The molecule has 1 atom stereocenters. The van der Waals surface area contributed by atoms with Crippen molar-refractivity contribution in [3.05, 3.63) is 0 Å². The van der Waals surface area contributed by atoms with Gasteiger partial charge in [0, 0.05) is 18.7 Å². The van der Waals surface area contributed by atoms with Crippen LogP contribution < -0.4 is 5.73 Å². The van der Waals surface area contributed by atoms with Crippen molar-refractivity contribution in [3.63, 3.8) is 0 Å². The van der Waals surface area contributed by atoms with Crippen LogP contribution >= 0.6 is 24.8 Å². The van der Waals surface area contributed by atoms with Gasteiger partial charge < -0.3 is 10.5 Å². The maximum Gasteiger partial charge on any atom is 0.0621 e. The van der Waals surface area contributed by atoms with Gasteiger partial charge in [-0.15, -0.1) is 24.8 Å². The molecule has 0 radical (unpaired) electrons. The predicted octanol–water partition coefficient (Wildman–Crippen LogP) is 1.43. The van der Waals surface area contributed by atoms with E-state index < -0.39 is 0 Å². The number of ether oxygens (including phenoxy) is 1. The van der Waals surface area contributed by atoms with Gasteiger partial charge in [-0.3, -0.25) is 4.90 Å². The number of halogens is 2. The molecular formula is C10H22Cl2N2O. The SMILES string of the molecule is Cl.Cl.NC1CCN(C2CCCOC2)CC1. The van der Waals surface area contributed by atoms with Gasteiger partial charge in [-0.05, 0) is 38.8 Å². The van der Waals surface area contributed by atoms with Crippen LogP contribution in [0.5, 0.6) is 0 Å². The third kappa shape index (κ3) is 4.45. The summed E-state index contributed by atoms with van der Waals surface area (Å²) in [5.74, 6) is 0. The summed E-state index contributed by atoms with van der Waals surface area (Å²) < 4.78 is 5.49. The summed E-state index contributed by atoms with van der Waals surface area (Å²) >= 11 is 0. The maximum atomic E-state index is 5.87. The molecule has 2 rings (SSSR count). The molecule has 0 amide bonds. The van der Waals surface area contributed by atoms with Crippen LogP contribution in [0.15, 0.2) is 0 Å². The van der Waals surface area contributed by atoms with Crippen LogP contribution in [0.2, 0.25) is 0 Å². The molecule has 2 aliphatic heterocycles. The van der Waals surface area contributed by atoms with E-state index in [0.717, 1.165) is 26.1 Å². The standard InChI is InChI=1S/C10H20N2O.2ClH/c11-9-3-5-12(6-4-9)10-2-1-7-13-8-10;;/h9-10H,1-8,11H2;2*1H. The molecule has 2 heterocycles. The summed E-state index contributed by atoms with van der Waals surface area (Å²) in [7, 11) is 0. The molecule has 0 spiro atoms. The Labute approximate surface area is 105 Å². The van der Waals surface area contributed by atoms with Crippen molar-refractivity contribution in [3.8, 4) is 0 Å². The van der Waals surface area contributed by atoms with Gasteiger partial charge in [0.25, 0.3) is 0 Å². The van der Waals surface area contributed by atoms with Gasteiger partial charge in [0.15, 0.2) is 0 Å². The lowest BCUT2D eigenvalue weighted by Gasteiger charge is -2.38. The highest BCUT2D eigenvalue weighted by Gasteiger charge is 2.24. The Bertz CT molecular complexity index is 158. The molecule has 2 saturated heterocycles. The molecular weight excluding hydrogens is 235 g/mol. The van der Waals surface area contributed by atoms with Crippen molar-refractivity contribution in [2.24, 2.45) is 5.73 Å². The number of piperidine rings is 1. The van der Waals surface area contributed by atoms with E-state index in [1.165, 1.54) is 25.9 Å². The second-order valence-corrected chi connectivity index (χ2v) is 4.24. The van der Waals surface area contributed by atoms with Gasteiger partial charge in [-0.1, -0.05) is 0 Å². The second-order valence-electron chi connectivity index (χ2n) is 4.24. The molecule has 2 fully saturated rings. The van der Waals surface area contributed by atoms with Crippen LogP contribution in [0.4, 0.5) is 0 Å². The van der Waals surface area contributed by atoms with Crippen LogP contribution in [0, 0.1) is 0 Å². The first-order valence-electron chi connectivity index (χ1n) is 5.43. The van der Waals surface area contributed by atoms with Crippen LogP contribution in [0.1, 0.15) is 25.7 Å². The zero-order chi connectivity index (χ0) is 9.10. The lowest BCUT2D eigenvalue weighted by atomic mass is 10.0. The first kappa shape index (κ1) is 15.5. The largest absolute Gasteiger partial charge is 0.380 e. The number of rotatable bonds is 1. The second kappa shape index (κ2) is 7.69. The molecule has 5 heteroatoms. The van der Waals surface area contributed by atoms with E-state index in [1.54, 1.807) is 0 Å². The van der Waals surface area contributed by atoms with Crippen LogP contribution in [0.3, 0.4) is 0 Å². The molecule has 92 valence electrons. The van der Waals surface area contributed by atoms with Crippen molar-refractivity contribution in [2.75, 3.05) is 26.3 Å². The average Bonchev–Trinajstić information content (AvgIpc) is 2.20. The summed E-state index contributed by atoms with van der Waals surface area (Å²) in [6, 6.07) is 1.13. The minimum absolute atomic E-state index is 0. The minimum atomic E-state index is 0. The highest BCUT2D eigenvalue weighted by Crippen LogP contribution is 2.18.